The zero-order valence-corrected chi connectivity index (χ0v) is 13.2. The van der Waals surface area contributed by atoms with Gasteiger partial charge in [-0.25, -0.2) is 4.39 Å². The lowest BCUT2D eigenvalue weighted by molar-refractivity contribution is 0.263. The van der Waals surface area contributed by atoms with Crippen LogP contribution in [0.2, 0.25) is 0 Å². The van der Waals surface area contributed by atoms with Crippen molar-refractivity contribution in [1.29, 1.82) is 0 Å². The van der Waals surface area contributed by atoms with Crippen LogP contribution in [0.1, 0.15) is 39.7 Å². The Kier molecular flexibility index (Phi) is 4.69. The monoisotopic (exact) mass is 278 g/mol. The standard InChI is InChI=1S/C17H27FN2/c1-5-19-11-13-10-15(18)6-7-16(13)20-9-8-14(12-20)17(2,3)4/h6-7,10,14,19H,5,8-9,11-12H2,1-4H3. The van der Waals surface area contributed by atoms with Crippen LogP contribution in [-0.2, 0) is 6.54 Å². The molecule has 1 unspecified atom stereocenters. The normalized spacial score (nSPS) is 19.6. The molecule has 1 saturated heterocycles. The number of nitrogens with one attached hydrogen (secondary N) is 1. The molecule has 0 aliphatic carbocycles. The first-order valence-corrected chi connectivity index (χ1v) is 7.66. The van der Waals surface area contributed by atoms with Crippen LogP contribution in [0.5, 0.6) is 0 Å². The van der Waals surface area contributed by atoms with Crippen molar-refractivity contribution in [3.05, 3.63) is 29.6 Å². The van der Waals surface area contributed by atoms with E-state index in [1.807, 2.05) is 6.07 Å². The minimum atomic E-state index is -0.145. The lowest BCUT2D eigenvalue weighted by Gasteiger charge is -2.28. The average Bonchev–Trinajstić information content (AvgIpc) is 2.85. The first kappa shape index (κ1) is 15.3. The van der Waals surface area contributed by atoms with E-state index in [9.17, 15) is 4.39 Å². The third-order valence-electron chi connectivity index (χ3n) is 4.36. The Morgan fingerprint density at radius 3 is 2.70 bits per heavy atom. The number of halogens is 1. The fourth-order valence-corrected chi connectivity index (χ4v) is 2.95. The van der Waals surface area contributed by atoms with E-state index in [1.165, 1.54) is 12.1 Å². The average molecular weight is 278 g/mol. The summed E-state index contributed by atoms with van der Waals surface area (Å²) in [5, 5.41) is 3.30. The number of anilines is 1. The van der Waals surface area contributed by atoms with Gasteiger partial charge in [-0.3, -0.25) is 0 Å². The molecule has 1 N–H and O–H groups in total. The minimum Gasteiger partial charge on any atom is -0.371 e. The minimum absolute atomic E-state index is 0.145. The van der Waals surface area contributed by atoms with Crippen LogP contribution in [0.25, 0.3) is 0 Å². The quantitative estimate of drug-likeness (QED) is 0.901. The Balaban J connectivity index is 2.16. The highest BCUT2D eigenvalue weighted by atomic mass is 19.1. The van der Waals surface area contributed by atoms with E-state index in [0.29, 0.717) is 11.3 Å². The van der Waals surface area contributed by atoms with Crippen LogP contribution < -0.4 is 10.2 Å². The molecule has 1 fully saturated rings. The number of hydrogen-bond acceptors (Lipinski definition) is 2. The molecule has 2 nitrogen and oxygen atoms in total. The first-order valence-electron chi connectivity index (χ1n) is 7.66. The summed E-state index contributed by atoms with van der Waals surface area (Å²) in [6.07, 6.45) is 1.22. The smallest absolute Gasteiger partial charge is 0.123 e. The molecule has 1 aromatic carbocycles. The zero-order chi connectivity index (χ0) is 14.8. The molecule has 0 radical (unpaired) electrons. The van der Waals surface area contributed by atoms with Crippen molar-refractivity contribution in [2.45, 2.75) is 40.7 Å². The van der Waals surface area contributed by atoms with Crippen molar-refractivity contribution in [1.82, 2.24) is 5.32 Å². The molecule has 0 aromatic heterocycles. The summed E-state index contributed by atoms with van der Waals surface area (Å²) < 4.78 is 13.5. The molecule has 0 amide bonds. The Morgan fingerprint density at radius 1 is 1.35 bits per heavy atom. The van der Waals surface area contributed by atoms with Gasteiger partial charge in [0.15, 0.2) is 0 Å². The second kappa shape index (κ2) is 6.13. The van der Waals surface area contributed by atoms with Gasteiger partial charge in [0.25, 0.3) is 0 Å². The van der Waals surface area contributed by atoms with E-state index >= 15 is 0 Å². The molecular weight excluding hydrogens is 251 g/mol. The summed E-state index contributed by atoms with van der Waals surface area (Å²) >= 11 is 0. The van der Waals surface area contributed by atoms with Crippen molar-refractivity contribution in [3.63, 3.8) is 0 Å². The van der Waals surface area contributed by atoms with E-state index in [4.69, 9.17) is 0 Å². The Labute approximate surface area is 122 Å². The maximum atomic E-state index is 13.5. The lowest BCUT2D eigenvalue weighted by Crippen LogP contribution is -2.27. The summed E-state index contributed by atoms with van der Waals surface area (Å²) in [4.78, 5) is 2.42. The van der Waals surface area contributed by atoms with Gasteiger partial charge < -0.3 is 10.2 Å². The predicted octanol–water partition coefficient (Wildman–Crippen LogP) is 3.81. The molecule has 0 spiro atoms. The summed E-state index contributed by atoms with van der Waals surface area (Å²) in [6, 6.07) is 5.19. The molecule has 1 aromatic rings. The van der Waals surface area contributed by atoms with Gasteiger partial charge in [0.2, 0.25) is 0 Å². The molecule has 0 saturated carbocycles. The maximum Gasteiger partial charge on any atom is 0.123 e. The van der Waals surface area contributed by atoms with Crippen LogP contribution >= 0.6 is 0 Å². The summed E-state index contributed by atoms with van der Waals surface area (Å²) in [7, 11) is 0. The zero-order valence-electron chi connectivity index (χ0n) is 13.2. The Hall–Kier alpha value is -1.09. The topological polar surface area (TPSA) is 15.3 Å². The van der Waals surface area contributed by atoms with Crippen LogP contribution in [-0.4, -0.2) is 19.6 Å². The van der Waals surface area contributed by atoms with Crippen molar-refractivity contribution in [2.75, 3.05) is 24.5 Å². The number of hydrogen-bond donors (Lipinski definition) is 1. The number of benzene rings is 1. The van der Waals surface area contributed by atoms with Crippen molar-refractivity contribution >= 4 is 5.69 Å². The molecular formula is C17H27FN2. The van der Waals surface area contributed by atoms with Crippen LogP contribution in [0.4, 0.5) is 10.1 Å². The van der Waals surface area contributed by atoms with Gasteiger partial charge in [0.05, 0.1) is 0 Å². The first-order chi connectivity index (χ1) is 9.41. The third-order valence-corrected chi connectivity index (χ3v) is 4.36. The molecule has 112 valence electrons. The van der Waals surface area contributed by atoms with Gasteiger partial charge in [-0.1, -0.05) is 27.7 Å². The van der Waals surface area contributed by atoms with E-state index in [-0.39, 0.29) is 5.82 Å². The van der Waals surface area contributed by atoms with Gasteiger partial charge in [-0.2, -0.15) is 0 Å². The largest absolute Gasteiger partial charge is 0.371 e. The fraction of sp³-hybridized carbons (Fsp3) is 0.647. The van der Waals surface area contributed by atoms with Gasteiger partial charge in [-0.05, 0) is 48.1 Å². The van der Waals surface area contributed by atoms with Crippen molar-refractivity contribution in [3.8, 4) is 0 Å². The van der Waals surface area contributed by atoms with E-state index in [1.54, 1.807) is 12.1 Å². The molecule has 1 aliphatic rings. The molecule has 2 rings (SSSR count). The predicted molar refractivity (Wildman–Crippen MR) is 83.6 cm³/mol. The highest BCUT2D eigenvalue weighted by Crippen LogP contribution is 2.36. The highest BCUT2D eigenvalue weighted by molar-refractivity contribution is 5.54. The number of rotatable bonds is 4. The number of nitrogens with zero attached hydrogens (tertiary/aromatic N) is 1. The molecule has 3 heteroatoms. The molecule has 1 aliphatic heterocycles. The summed E-state index contributed by atoms with van der Waals surface area (Å²) in [6.45, 7) is 12.8. The van der Waals surface area contributed by atoms with Crippen molar-refractivity contribution < 1.29 is 4.39 Å². The molecule has 1 atom stereocenters. The van der Waals surface area contributed by atoms with E-state index in [0.717, 1.165) is 31.7 Å². The SMILES string of the molecule is CCNCc1cc(F)ccc1N1CCC(C(C)(C)C)C1. The van der Waals surface area contributed by atoms with E-state index < -0.39 is 0 Å². The van der Waals surface area contributed by atoms with Crippen LogP contribution in [0.3, 0.4) is 0 Å². The third kappa shape index (κ3) is 3.51. The Bertz CT molecular complexity index is 451. The Morgan fingerprint density at radius 2 is 2.10 bits per heavy atom. The molecule has 0 bridgehead atoms. The van der Waals surface area contributed by atoms with Gasteiger partial charge in [0, 0.05) is 25.3 Å². The fourth-order valence-electron chi connectivity index (χ4n) is 2.95. The second-order valence-electron chi connectivity index (χ2n) is 6.85. The highest BCUT2D eigenvalue weighted by Gasteiger charge is 2.32. The summed E-state index contributed by atoms with van der Waals surface area (Å²) in [5.74, 6) is 0.563. The molecule has 20 heavy (non-hydrogen) atoms. The van der Waals surface area contributed by atoms with Crippen molar-refractivity contribution in [2.24, 2.45) is 11.3 Å². The van der Waals surface area contributed by atoms with Gasteiger partial charge in [-0.15, -0.1) is 0 Å². The van der Waals surface area contributed by atoms with E-state index in [2.05, 4.69) is 37.9 Å². The van der Waals surface area contributed by atoms with Crippen LogP contribution in [0, 0.1) is 17.2 Å². The van der Waals surface area contributed by atoms with Crippen LogP contribution in [0.15, 0.2) is 18.2 Å². The second-order valence-corrected chi connectivity index (χ2v) is 6.85. The summed E-state index contributed by atoms with van der Waals surface area (Å²) in [5.41, 5.74) is 2.61. The van der Waals surface area contributed by atoms with Gasteiger partial charge in [0.1, 0.15) is 5.82 Å². The van der Waals surface area contributed by atoms with Gasteiger partial charge >= 0.3 is 0 Å². The lowest BCUT2D eigenvalue weighted by atomic mass is 9.80. The maximum absolute atomic E-state index is 13.5. The molecule has 1 heterocycles.